The molecule has 0 spiro atoms. The number of nitrogens with zero attached hydrogens (tertiary/aromatic N) is 1. The minimum atomic E-state index is -0.639. The average molecular weight is 351 g/mol. The number of ether oxygens (including phenoxy) is 1. The number of rotatable bonds is 3. The van der Waals surface area contributed by atoms with E-state index in [1.54, 1.807) is 12.3 Å². The van der Waals surface area contributed by atoms with E-state index in [1.807, 2.05) is 45.9 Å². The fourth-order valence-electron chi connectivity index (χ4n) is 1.79. The number of benzene rings is 1. The van der Waals surface area contributed by atoms with Crippen molar-refractivity contribution in [2.45, 2.75) is 57.6 Å². The van der Waals surface area contributed by atoms with Gasteiger partial charge in [0.25, 0.3) is 0 Å². The molecule has 4 nitrogen and oxygen atoms in total. The van der Waals surface area contributed by atoms with Gasteiger partial charge < -0.3 is 10.5 Å². The van der Waals surface area contributed by atoms with E-state index in [9.17, 15) is 4.79 Å². The molecular weight excluding hydrogens is 320 g/mol. The van der Waals surface area contributed by atoms with E-state index in [2.05, 4.69) is 18.8 Å². The zero-order chi connectivity index (χ0) is 18.8. The van der Waals surface area contributed by atoms with Crippen LogP contribution in [-0.2, 0) is 9.53 Å². The highest BCUT2D eigenvalue weighted by molar-refractivity contribution is 8.01. The third-order valence-corrected chi connectivity index (χ3v) is 3.96. The number of nitrogen functional groups attached to an aromatic ring is 1. The van der Waals surface area contributed by atoms with Crippen LogP contribution in [0, 0.1) is 0 Å². The maximum Gasteiger partial charge on any atom is 0.321 e. The van der Waals surface area contributed by atoms with E-state index in [0.29, 0.717) is 5.69 Å². The molecule has 0 atom stereocenters. The first-order chi connectivity index (χ1) is 11.4. The minimum Gasteiger partial charge on any atom is -0.468 e. The number of carbonyl (C=O) groups excluding carboxylic acids is 1. The van der Waals surface area contributed by atoms with E-state index in [1.165, 1.54) is 25.3 Å². The number of hydrogen-bond acceptors (Lipinski definition) is 5. The van der Waals surface area contributed by atoms with Gasteiger partial charge in [0.15, 0.2) is 0 Å². The Labute approximate surface area is 150 Å². The van der Waals surface area contributed by atoms with Crippen LogP contribution < -0.4 is 5.73 Å². The maximum atomic E-state index is 11.7. The number of aromatic nitrogens is 1. The zero-order valence-electron chi connectivity index (χ0n) is 15.8. The summed E-state index contributed by atoms with van der Waals surface area (Å²) in [5.41, 5.74) is 7.47. The van der Waals surface area contributed by atoms with Gasteiger partial charge in [0.05, 0.1) is 12.6 Å². The first-order valence-corrected chi connectivity index (χ1v) is 9.09. The number of fused-ring (bicyclic) bond motifs is 1. The zero-order valence-corrected chi connectivity index (χ0v) is 16.7. The Hall–Kier alpha value is -1.75. The standard InChI is InChI=1S/C14H16N2O2S.C3H8.C2H6/c1-14(2,13(17)18-3)19-9-4-5-12-10(8-9)11(15)6-7-16-12;1-3-2;1-2/h4-8H,1-3H3,(H2,15,16);3H2,1-2H3;1-2H3. The number of carbonyl (C=O) groups is 1. The number of methoxy groups -OCH3 is 1. The van der Waals surface area contributed by atoms with Crippen LogP contribution in [0.2, 0.25) is 0 Å². The Bertz CT molecular complexity index is 642. The summed E-state index contributed by atoms with van der Waals surface area (Å²) in [7, 11) is 1.40. The number of thioether (sulfide) groups is 1. The van der Waals surface area contributed by atoms with E-state index in [4.69, 9.17) is 10.5 Å². The molecule has 24 heavy (non-hydrogen) atoms. The van der Waals surface area contributed by atoms with Gasteiger partial charge in [0, 0.05) is 22.2 Å². The van der Waals surface area contributed by atoms with E-state index >= 15 is 0 Å². The van der Waals surface area contributed by atoms with Crippen LogP contribution >= 0.6 is 11.8 Å². The Morgan fingerprint density at radius 1 is 1.25 bits per heavy atom. The molecule has 0 radical (unpaired) electrons. The normalized spacial score (nSPS) is 10.1. The minimum absolute atomic E-state index is 0.253. The van der Waals surface area contributed by atoms with Crippen molar-refractivity contribution in [1.82, 2.24) is 4.98 Å². The lowest BCUT2D eigenvalue weighted by atomic mass is 10.2. The summed E-state index contributed by atoms with van der Waals surface area (Å²) >= 11 is 1.44. The smallest absolute Gasteiger partial charge is 0.321 e. The molecule has 0 saturated heterocycles. The summed E-state index contributed by atoms with van der Waals surface area (Å²) in [5.74, 6) is -0.253. The van der Waals surface area contributed by atoms with Crippen LogP contribution in [0.1, 0.15) is 48.0 Å². The molecule has 0 amide bonds. The molecule has 5 heteroatoms. The lowest BCUT2D eigenvalue weighted by Gasteiger charge is -2.20. The second-order valence-electron chi connectivity index (χ2n) is 5.39. The van der Waals surface area contributed by atoms with Gasteiger partial charge in [-0.25, -0.2) is 0 Å². The van der Waals surface area contributed by atoms with Crippen molar-refractivity contribution in [2.24, 2.45) is 0 Å². The third-order valence-electron chi connectivity index (χ3n) is 2.80. The topological polar surface area (TPSA) is 65.2 Å². The second-order valence-corrected chi connectivity index (χ2v) is 7.09. The van der Waals surface area contributed by atoms with Crippen LogP contribution in [0.15, 0.2) is 35.4 Å². The molecule has 0 aliphatic carbocycles. The van der Waals surface area contributed by atoms with Gasteiger partial charge in [-0.05, 0) is 38.1 Å². The molecule has 1 aromatic heterocycles. The van der Waals surface area contributed by atoms with Gasteiger partial charge in [-0.3, -0.25) is 9.78 Å². The van der Waals surface area contributed by atoms with E-state index in [0.717, 1.165) is 15.8 Å². The maximum absolute atomic E-state index is 11.7. The molecule has 2 N–H and O–H groups in total. The van der Waals surface area contributed by atoms with Gasteiger partial charge in [-0.2, -0.15) is 0 Å². The Morgan fingerprint density at radius 2 is 1.83 bits per heavy atom. The highest BCUT2D eigenvalue weighted by Gasteiger charge is 2.30. The summed E-state index contributed by atoms with van der Waals surface area (Å²) < 4.78 is 4.16. The molecule has 0 unspecified atom stereocenters. The van der Waals surface area contributed by atoms with Crippen LogP contribution in [0.5, 0.6) is 0 Å². The van der Waals surface area contributed by atoms with Gasteiger partial charge in [0.1, 0.15) is 4.75 Å². The van der Waals surface area contributed by atoms with Crippen molar-refractivity contribution in [3.8, 4) is 0 Å². The molecule has 2 aromatic rings. The molecule has 0 fully saturated rings. The molecule has 0 aliphatic rings. The molecule has 0 bridgehead atoms. The monoisotopic (exact) mass is 350 g/mol. The van der Waals surface area contributed by atoms with Gasteiger partial charge in [-0.15, -0.1) is 11.8 Å². The quantitative estimate of drug-likeness (QED) is 0.601. The third kappa shape index (κ3) is 6.40. The Kier molecular flexibility index (Phi) is 10.1. The highest BCUT2D eigenvalue weighted by Crippen LogP contribution is 2.35. The number of pyridine rings is 1. The molecule has 1 aromatic carbocycles. The Balaban J connectivity index is 0.000000952. The molecular formula is C19H30N2O2S. The highest BCUT2D eigenvalue weighted by atomic mass is 32.2. The van der Waals surface area contributed by atoms with Crippen LogP contribution in [0.3, 0.4) is 0 Å². The molecule has 0 saturated carbocycles. The number of hydrogen-bond donors (Lipinski definition) is 1. The largest absolute Gasteiger partial charge is 0.468 e. The molecule has 2 rings (SSSR count). The summed E-state index contributed by atoms with van der Waals surface area (Å²) in [4.78, 5) is 16.9. The second kappa shape index (κ2) is 10.9. The van der Waals surface area contributed by atoms with Crippen LogP contribution in [0.4, 0.5) is 5.69 Å². The van der Waals surface area contributed by atoms with Crippen molar-refractivity contribution in [1.29, 1.82) is 0 Å². The number of anilines is 1. The predicted molar refractivity (Wildman–Crippen MR) is 105 cm³/mol. The van der Waals surface area contributed by atoms with Gasteiger partial charge >= 0.3 is 5.97 Å². The van der Waals surface area contributed by atoms with Gasteiger partial charge in [-0.1, -0.05) is 34.1 Å². The van der Waals surface area contributed by atoms with E-state index in [-0.39, 0.29) is 5.97 Å². The fourth-order valence-corrected chi connectivity index (χ4v) is 2.86. The summed E-state index contributed by atoms with van der Waals surface area (Å²) in [6.45, 7) is 11.9. The van der Waals surface area contributed by atoms with E-state index < -0.39 is 4.75 Å². The number of nitrogens with two attached hydrogens (primary N) is 1. The summed E-state index contributed by atoms with van der Waals surface area (Å²) in [6.07, 6.45) is 2.93. The fraction of sp³-hybridized carbons (Fsp3) is 0.474. The van der Waals surface area contributed by atoms with Gasteiger partial charge in [0.2, 0.25) is 0 Å². The first-order valence-electron chi connectivity index (χ1n) is 8.27. The summed E-state index contributed by atoms with van der Waals surface area (Å²) in [6, 6.07) is 7.56. The predicted octanol–water partition coefficient (Wildman–Crippen LogP) is 5.30. The van der Waals surface area contributed by atoms with Crippen molar-refractivity contribution in [3.05, 3.63) is 30.5 Å². The van der Waals surface area contributed by atoms with Crippen molar-refractivity contribution in [2.75, 3.05) is 12.8 Å². The molecule has 1 heterocycles. The summed E-state index contributed by atoms with van der Waals surface area (Å²) in [5, 5.41) is 0.896. The van der Waals surface area contributed by atoms with Crippen LogP contribution in [-0.4, -0.2) is 22.8 Å². The average Bonchev–Trinajstić information content (AvgIpc) is 2.57. The van der Waals surface area contributed by atoms with Crippen molar-refractivity contribution in [3.63, 3.8) is 0 Å². The lowest BCUT2D eigenvalue weighted by Crippen LogP contribution is -2.28. The SMILES string of the molecule is CC.CCC.COC(=O)C(C)(C)Sc1ccc2nccc(N)c2c1. The number of esters is 1. The van der Waals surface area contributed by atoms with Crippen LogP contribution in [0.25, 0.3) is 10.9 Å². The van der Waals surface area contributed by atoms with Crippen molar-refractivity contribution < 1.29 is 9.53 Å². The molecule has 134 valence electrons. The first kappa shape index (κ1) is 22.2. The van der Waals surface area contributed by atoms with Crippen molar-refractivity contribution >= 4 is 34.3 Å². The molecule has 0 aliphatic heterocycles. The Morgan fingerprint density at radius 3 is 2.38 bits per heavy atom. The lowest BCUT2D eigenvalue weighted by molar-refractivity contribution is -0.142.